The summed E-state index contributed by atoms with van der Waals surface area (Å²) in [4.78, 5) is 14.4. The van der Waals surface area contributed by atoms with E-state index >= 15 is 0 Å². The van der Waals surface area contributed by atoms with Gasteiger partial charge in [0.15, 0.2) is 0 Å². The second kappa shape index (κ2) is 7.18. The molecule has 0 unspecified atom stereocenters. The van der Waals surface area contributed by atoms with Gasteiger partial charge in [-0.05, 0) is 29.8 Å². The molecular weight excluding hydrogens is 414 g/mol. The van der Waals surface area contributed by atoms with E-state index in [1.54, 1.807) is 42.5 Å². The molecule has 5 rings (SSSR count). The Morgan fingerprint density at radius 2 is 1.55 bits per heavy atom. The van der Waals surface area contributed by atoms with E-state index < -0.39 is 21.6 Å². The minimum atomic E-state index is -3.97. The molecule has 158 valence electrons. The zero-order valence-electron chi connectivity index (χ0n) is 16.7. The van der Waals surface area contributed by atoms with Crippen LogP contribution in [0.5, 0.6) is 0 Å². The van der Waals surface area contributed by atoms with E-state index in [2.05, 4.69) is 0 Å². The summed E-state index contributed by atoms with van der Waals surface area (Å²) in [6.45, 7) is 0.947. The van der Waals surface area contributed by atoms with Crippen molar-refractivity contribution in [3.05, 3.63) is 106 Å². The van der Waals surface area contributed by atoms with Crippen molar-refractivity contribution >= 4 is 15.7 Å². The number of fused-ring (bicyclic) bond motifs is 3. The standard InChI is InChI=1S/C23H21N3O4S/c27-26(28)23-17-24(15-18-9-3-1-4-10-18)16-22(23)25(21-14-8-7-13-20(21)23)31(29,30)19-11-5-2-6-12-19/h1-14,22H,15-17H2/t22-,23+/m0/s1. The lowest BCUT2D eigenvalue weighted by Gasteiger charge is -2.27. The lowest BCUT2D eigenvalue weighted by atomic mass is 9.89. The molecule has 0 saturated carbocycles. The first-order valence-electron chi connectivity index (χ1n) is 10.0. The number of likely N-dealkylation sites (tertiary alicyclic amines) is 1. The molecule has 31 heavy (non-hydrogen) atoms. The van der Waals surface area contributed by atoms with Crippen LogP contribution in [0, 0.1) is 10.1 Å². The molecule has 3 aromatic rings. The Morgan fingerprint density at radius 1 is 0.935 bits per heavy atom. The average molecular weight is 436 g/mol. The van der Waals surface area contributed by atoms with Gasteiger partial charge >= 0.3 is 0 Å². The molecule has 0 amide bonds. The Kier molecular flexibility index (Phi) is 4.56. The molecule has 0 aliphatic carbocycles. The molecule has 8 heteroatoms. The van der Waals surface area contributed by atoms with Crippen LogP contribution < -0.4 is 4.31 Å². The molecule has 2 aliphatic heterocycles. The molecule has 3 aromatic carbocycles. The third-order valence-corrected chi connectivity index (χ3v) is 8.05. The Balaban J connectivity index is 1.63. The number of rotatable bonds is 5. The molecule has 0 bridgehead atoms. The highest BCUT2D eigenvalue weighted by atomic mass is 32.2. The third kappa shape index (κ3) is 2.94. The molecule has 1 saturated heterocycles. The van der Waals surface area contributed by atoms with Crippen molar-refractivity contribution in [3.63, 3.8) is 0 Å². The average Bonchev–Trinajstić information content (AvgIpc) is 3.27. The van der Waals surface area contributed by atoms with Gasteiger partial charge in [0.05, 0.1) is 22.7 Å². The van der Waals surface area contributed by atoms with Crippen LogP contribution in [0.3, 0.4) is 0 Å². The molecule has 2 atom stereocenters. The van der Waals surface area contributed by atoms with Crippen LogP contribution in [0.15, 0.2) is 89.8 Å². The summed E-state index contributed by atoms with van der Waals surface area (Å²) in [7, 11) is -3.97. The van der Waals surface area contributed by atoms with Gasteiger partial charge in [0.2, 0.25) is 0 Å². The fourth-order valence-corrected chi connectivity index (χ4v) is 6.60. The number of para-hydroxylation sites is 1. The molecule has 0 N–H and O–H groups in total. The first-order chi connectivity index (χ1) is 14.9. The lowest BCUT2D eigenvalue weighted by molar-refractivity contribution is -0.575. The number of nitrogens with zero attached hydrogens (tertiary/aromatic N) is 3. The smallest absolute Gasteiger partial charge is 0.283 e. The summed E-state index contributed by atoms with van der Waals surface area (Å²) in [5, 5.41) is 12.5. The number of hydrogen-bond acceptors (Lipinski definition) is 5. The summed E-state index contributed by atoms with van der Waals surface area (Å²) in [5.74, 6) is 0. The summed E-state index contributed by atoms with van der Waals surface area (Å²) < 4.78 is 28.6. The van der Waals surface area contributed by atoms with Gasteiger partial charge in [0.1, 0.15) is 6.04 Å². The van der Waals surface area contributed by atoms with Crippen LogP contribution >= 0.6 is 0 Å². The van der Waals surface area contributed by atoms with E-state index in [1.165, 1.54) is 16.4 Å². The van der Waals surface area contributed by atoms with Crippen molar-refractivity contribution in [1.82, 2.24) is 4.90 Å². The van der Waals surface area contributed by atoms with Crippen LogP contribution in [0.2, 0.25) is 0 Å². The predicted octanol–water partition coefficient (Wildman–Crippen LogP) is 3.25. The Bertz CT molecular complexity index is 1230. The maximum absolute atomic E-state index is 13.7. The van der Waals surface area contributed by atoms with Crippen LogP contribution in [0.25, 0.3) is 0 Å². The monoisotopic (exact) mass is 435 g/mol. The molecule has 0 aromatic heterocycles. The highest BCUT2D eigenvalue weighted by Gasteiger charge is 2.67. The number of anilines is 1. The van der Waals surface area contributed by atoms with Crippen LogP contribution in [0.4, 0.5) is 5.69 Å². The molecule has 7 nitrogen and oxygen atoms in total. The van der Waals surface area contributed by atoms with Gasteiger partial charge in [0.25, 0.3) is 15.6 Å². The van der Waals surface area contributed by atoms with Gasteiger partial charge < -0.3 is 0 Å². The fraction of sp³-hybridized carbons (Fsp3) is 0.217. The van der Waals surface area contributed by atoms with Gasteiger partial charge in [-0.15, -0.1) is 0 Å². The minimum absolute atomic E-state index is 0.130. The third-order valence-electron chi connectivity index (χ3n) is 6.21. The van der Waals surface area contributed by atoms with Crippen molar-refractivity contribution in [2.45, 2.75) is 23.0 Å². The van der Waals surface area contributed by atoms with Gasteiger partial charge in [-0.1, -0.05) is 60.7 Å². The predicted molar refractivity (Wildman–Crippen MR) is 117 cm³/mol. The first-order valence-corrected chi connectivity index (χ1v) is 11.5. The number of benzene rings is 3. The van der Waals surface area contributed by atoms with Crippen molar-refractivity contribution in [2.75, 3.05) is 17.4 Å². The molecule has 0 radical (unpaired) electrons. The molecule has 1 fully saturated rings. The normalized spacial score (nSPS) is 22.8. The van der Waals surface area contributed by atoms with E-state index in [9.17, 15) is 18.5 Å². The summed E-state index contributed by atoms with van der Waals surface area (Å²) in [6, 6.07) is 23.8. The molecule has 2 aliphatic rings. The maximum atomic E-state index is 13.7. The Labute approximate surface area is 180 Å². The van der Waals surface area contributed by atoms with Crippen molar-refractivity contribution in [1.29, 1.82) is 0 Å². The Morgan fingerprint density at radius 3 is 2.23 bits per heavy atom. The van der Waals surface area contributed by atoms with Crippen LogP contribution in [-0.4, -0.2) is 37.4 Å². The van der Waals surface area contributed by atoms with E-state index in [4.69, 9.17) is 0 Å². The summed E-state index contributed by atoms with van der Waals surface area (Å²) >= 11 is 0. The highest BCUT2D eigenvalue weighted by Crippen LogP contribution is 2.51. The quantitative estimate of drug-likeness (QED) is 0.454. The fourth-order valence-electron chi connectivity index (χ4n) is 4.88. The van der Waals surface area contributed by atoms with Crippen LogP contribution in [0.1, 0.15) is 11.1 Å². The topological polar surface area (TPSA) is 83.8 Å². The second-order valence-electron chi connectivity index (χ2n) is 7.98. The lowest BCUT2D eigenvalue weighted by Crippen LogP contribution is -2.50. The first kappa shape index (κ1) is 19.7. The second-order valence-corrected chi connectivity index (χ2v) is 9.80. The zero-order valence-corrected chi connectivity index (χ0v) is 17.5. The largest absolute Gasteiger partial charge is 0.289 e. The maximum Gasteiger partial charge on any atom is 0.283 e. The van der Waals surface area contributed by atoms with Gasteiger partial charge in [-0.25, -0.2) is 8.42 Å². The minimum Gasteiger partial charge on any atom is -0.289 e. The van der Waals surface area contributed by atoms with Crippen molar-refractivity contribution in [2.24, 2.45) is 0 Å². The summed E-state index contributed by atoms with van der Waals surface area (Å²) in [5.41, 5.74) is 0.381. The number of sulfonamides is 1. The van der Waals surface area contributed by atoms with Gasteiger partial charge in [-0.2, -0.15) is 0 Å². The van der Waals surface area contributed by atoms with Crippen molar-refractivity contribution < 1.29 is 13.3 Å². The van der Waals surface area contributed by atoms with Gasteiger partial charge in [0, 0.05) is 18.0 Å². The van der Waals surface area contributed by atoms with Crippen molar-refractivity contribution in [3.8, 4) is 0 Å². The number of nitro groups is 1. The number of hydrogen-bond donors (Lipinski definition) is 0. The van der Waals surface area contributed by atoms with Gasteiger partial charge in [-0.3, -0.25) is 19.3 Å². The summed E-state index contributed by atoms with van der Waals surface area (Å²) in [6.07, 6.45) is 0. The Hall–Kier alpha value is -3.23. The van der Waals surface area contributed by atoms with E-state index in [0.717, 1.165) is 5.56 Å². The zero-order chi connectivity index (χ0) is 21.6. The van der Waals surface area contributed by atoms with Crippen LogP contribution in [-0.2, 0) is 22.1 Å². The molecular formula is C23H21N3O4S. The molecule has 2 heterocycles. The van der Waals surface area contributed by atoms with E-state index in [-0.39, 0.29) is 22.9 Å². The molecule has 0 spiro atoms. The van der Waals surface area contributed by atoms with E-state index in [0.29, 0.717) is 17.8 Å². The SMILES string of the molecule is O=[N+]([O-])[C@@]12CN(Cc3ccccc3)C[C@@H]1N(S(=O)(=O)c1ccccc1)c1ccccc12. The highest BCUT2D eigenvalue weighted by molar-refractivity contribution is 7.92. The van der Waals surface area contributed by atoms with E-state index in [1.807, 2.05) is 35.2 Å².